The van der Waals surface area contributed by atoms with Gasteiger partial charge in [0, 0.05) is 17.5 Å². The van der Waals surface area contributed by atoms with Gasteiger partial charge in [0.1, 0.15) is 0 Å². The Bertz CT molecular complexity index is 578. The maximum atomic E-state index is 11.9. The molecule has 2 aromatic rings. The number of nitrogens with one attached hydrogen (secondary N) is 1. The molecule has 4 nitrogen and oxygen atoms in total. The molecule has 1 heterocycles. The summed E-state index contributed by atoms with van der Waals surface area (Å²) in [5.41, 5.74) is 6.73. The predicted molar refractivity (Wildman–Crippen MR) is 72.0 cm³/mol. The first-order chi connectivity index (χ1) is 8.65. The van der Waals surface area contributed by atoms with Crippen LogP contribution in [0.1, 0.15) is 22.5 Å². The summed E-state index contributed by atoms with van der Waals surface area (Å²) in [6.07, 6.45) is 0.742. The highest BCUT2D eigenvalue weighted by molar-refractivity contribution is 6.35. The number of carbonyl (C=O) groups excluding carboxylic acids is 1. The third kappa shape index (κ3) is 2.35. The molecule has 0 atom stereocenters. The molecule has 0 bridgehead atoms. The normalized spacial score (nSPS) is 10.8. The molecule has 1 aromatic heterocycles. The number of benzene rings is 1. The fourth-order valence-corrected chi connectivity index (χ4v) is 2.02. The number of nitrogens with two attached hydrogens (primary N) is 1. The van der Waals surface area contributed by atoms with Crippen LogP contribution in [0.15, 0.2) is 22.6 Å². The van der Waals surface area contributed by atoms with E-state index in [9.17, 15) is 4.79 Å². The summed E-state index contributed by atoms with van der Waals surface area (Å²) in [5, 5.41) is 4.14. The van der Waals surface area contributed by atoms with Gasteiger partial charge in [-0.1, -0.05) is 23.7 Å². The summed E-state index contributed by atoms with van der Waals surface area (Å²) < 4.78 is 5.55. The molecule has 5 heteroatoms. The molecule has 2 rings (SSSR count). The lowest BCUT2D eigenvalue weighted by atomic mass is 10.1. The number of hydrogen-bond donors (Lipinski definition) is 2. The Morgan fingerprint density at radius 2 is 2.28 bits per heavy atom. The zero-order valence-electron chi connectivity index (χ0n) is 10.1. The summed E-state index contributed by atoms with van der Waals surface area (Å²) in [4.78, 5) is 11.9. The minimum Gasteiger partial charge on any atom is -0.449 e. The number of furan rings is 1. The van der Waals surface area contributed by atoms with E-state index in [2.05, 4.69) is 5.32 Å². The van der Waals surface area contributed by atoms with Gasteiger partial charge in [-0.3, -0.25) is 4.79 Å². The average molecular weight is 267 g/mol. The van der Waals surface area contributed by atoms with E-state index < -0.39 is 0 Å². The molecule has 96 valence electrons. The van der Waals surface area contributed by atoms with Crippen LogP contribution in [0.3, 0.4) is 0 Å². The first-order valence-corrected chi connectivity index (χ1v) is 6.19. The Labute approximate surface area is 110 Å². The van der Waals surface area contributed by atoms with Crippen molar-refractivity contribution in [3.05, 3.63) is 34.5 Å². The molecular weight excluding hydrogens is 252 g/mol. The summed E-state index contributed by atoms with van der Waals surface area (Å²) in [5.74, 6) is 0.0864. The zero-order chi connectivity index (χ0) is 13.1. The van der Waals surface area contributed by atoms with E-state index in [4.69, 9.17) is 21.8 Å². The fraction of sp³-hybridized carbons (Fsp3) is 0.308. The van der Waals surface area contributed by atoms with Crippen LogP contribution in [0.5, 0.6) is 0 Å². The number of rotatable bonds is 4. The van der Waals surface area contributed by atoms with Crippen LogP contribution < -0.4 is 11.1 Å². The molecule has 0 spiro atoms. The first-order valence-electron chi connectivity index (χ1n) is 5.81. The molecule has 0 saturated carbocycles. The van der Waals surface area contributed by atoms with Crippen molar-refractivity contribution in [3.8, 4) is 0 Å². The third-order valence-electron chi connectivity index (χ3n) is 2.79. The number of halogens is 1. The van der Waals surface area contributed by atoms with Crippen LogP contribution >= 0.6 is 11.6 Å². The maximum Gasteiger partial charge on any atom is 0.287 e. The van der Waals surface area contributed by atoms with Crippen LogP contribution in [-0.2, 0) is 0 Å². The number of amides is 1. The van der Waals surface area contributed by atoms with E-state index in [1.807, 2.05) is 19.1 Å². The van der Waals surface area contributed by atoms with Crippen LogP contribution in [0.25, 0.3) is 11.0 Å². The van der Waals surface area contributed by atoms with Gasteiger partial charge in [-0.05, 0) is 26.0 Å². The summed E-state index contributed by atoms with van der Waals surface area (Å²) in [6.45, 7) is 2.94. The molecule has 3 N–H and O–H groups in total. The number of fused-ring (bicyclic) bond motifs is 1. The molecule has 1 aromatic carbocycles. The van der Waals surface area contributed by atoms with E-state index in [0.29, 0.717) is 29.5 Å². The quantitative estimate of drug-likeness (QED) is 0.836. The lowest BCUT2D eigenvalue weighted by molar-refractivity contribution is 0.0927. The maximum absolute atomic E-state index is 11.9. The minimum absolute atomic E-state index is 0.229. The van der Waals surface area contributed by atoms with Gasteiger partial charge in [0.2, 0.25) is 0 Å². The van der Waals surface area contributed by atoms with Crippen LogP contribution in [-0.4, -0.2) is 19.0 Å². The smallest absolute Gasteiger partial charge is 0.287 e. The third-order valence-corrected chi connectivity index (χ3v) is 3.09. The van der Waals surface area contributed by atoms with Gasteiger partial charge in [0.25, 0.3) is 5.91 Å². The van der Waals surface area contributed by atoms with Crippen LogP contribution in [0.4, 0.5) is 0 Å². The van der Waals surface area contributed by atoms with Gasteiger partial charge < -0.3 is 15.5 Å². The zero-order valence-corrected chi connectivity index (χ0v) is 10.9. The summed E-state index contributed by atoms with van der Waals surface area (Å²) >= 11 is 6.03. The second-order valence-corrected chi connectivity index (χ2v) is 4.48. The first kappa shape index (κ1) is 12.9. The number of carbonyl (C=O) groups is 1. The second-order valence-electron chi connectivity index (χ2n) is 4.07. The van der Waals surface area contributed by atoms with Gasteiger partial charge in [-0.2, -0.15) is 0 Å². The van der Waals surface area contributed by atoms with Crippen molar-refractivity contribution in [2.24, 2.45) is 5.73 Å². The van der Waals surface area contributed by atoms with E-state index >= 15 is 0 Å². The molecule has 0 aliphatic carbocycles. The molecule has 0 radical (unpaired) electrons. The molecule has 18 heavy (non-hydrogen) atoms. The fourth-order valence-electron chi connectivity index (χ4n) is 1.81. The average Bonchev–Trinajstić information content (AvgIpc) is 2.69. The highest BCUT2D eigenvalue weighted by Gasteiger charge is 2.18. The van der Waals surface area contributed by atoms with Crippen LogP contribution in [0.2, 0.25) is 5.02 Å². The van der Waals surface area contributed by atoms with Crippen molar-refractivity contribution in [1.29, 1.82) is 0 Å². The molecule has 1 amide bonds. The lowest BCUT2D eigenvalue weighted by Gasteiger charge is -2.01. The highest BCUT2D eigenvalue weighted by Crippen LogP contribution is 2.30. The number of para-hydroxylation sites is 1. The van der Waals surface area contributed by atoms with Crippen molar-refractivity contribution >= 4 is 28.5 Å². The van der Waals surface area contributed by atoms with Gasteiger partial charge in [0.15, 0.2) is 11.3 Å². The largest absolute Gasteiger partial charge is 0.449 e. The van der Waals surface area contributed by atoms with Gasteiger partial charge in [-0.25, -0.2) is 0 Å². The van der Waals surface area contributed by atoms with E-state index in [0.717, 1.165) is 17.4 Å². The molecular formula is C13H15ClN2O2. The molecule has 0 saturated heterocycles. The Kier molecular flexibility index (Phi) is 3.89. The topological polar surface area (TPSA) is 68.3 Å². The Morgan fingerprint density at radius 3 is 2.94 bits per heavy atom. The summed E-state index contributed by atoms with van der Waals surface area (Å²) in [6, 6.07) is 5.46. The van der Waals surface area contributed by atoms with Crippen molar-refractivity contribution in [1.82, 2.24) is 5.32 Å². The molecule has 0 unspecified atom stereocenters. The van der Waals surface area contributed by atoms with E-state index in [1.54, 1.807) is 6.07 Å². The van der Waals surface area contributed by atoms with Crippen LogP contribution in [0, 0.1) is 6.92 Å². The molecule has 0 fully saturated rings. The van der Waals surface area contributed by atoms with Gasteiger partial charge >= 0.3 is 0 Å². The van der Waals surface area contributed by atoms with Gasteiger partial charge in [-0.15, -0.1) is 0 Å². The van der Waals surface area contributed by atoms with Crippen molar-refractivity contribution in [2.75, 3.05) is 13.1 Å². The Balaban J connectivity index is 2.31. The van der Waals surface area contributed by atoms with E-state index in [-0.39, 0.29) is 5.91 Å². The number of hydrogen-bond acceptors (Lipinski definition) is 3. The minimum atomic E-state index is -0.229. The SMILES string of the molecule is Cc1c(C(=O)NCCCN)oc2c(Cl)cccc12. The monoisotopic (exact) mass is 266 g/mol. The van der Waals surface area contributed by atoms with Crippen molar-refractivity contribution in [3.63, 3.8) is 0 Å². The molecule has 0 aliphatic rings. The lowest BCUT2D eigenvalue weighted by Crippen LogP contribution is -2.26. The standard InChI is InChI=1S/C13H15ClN2O2/c1-8-9-4-2-5-10(14)12(9)18-11(8)13(17)16-7-3-6-15/h2,4-5H,3,6-7,15H2,1H3,(H,16,17). The summed E-state index contributed by atoms with van der Waals surface area (Å²) in [7, 11) is 0. The van der Waals surface area contributed by atoms with Gasteiger partial charge in [0.05, 0.1) is 5.02 Å². The predicted octanol–water partition coefficient (Wildman–Crippen LogP) is 2.47. The Hall–Kier alpha value is -1.52. The highest BCUT2D eigenvalue weighted by atomic mass is 35.5. The number of aryl methyl sites for hydroxylation is 1. The molecule has 0 aliphatic heterocycles. The Morgan fingerprint density at radius 1 is 1.50 bits per heavy atom. The van der Waals surface area contributed by atoms with E-state index in [1.165, 1.54) is 0 Å². The second kappa shape index (κ2) is 5.42. The van der Waals surface area contributed by atoms with Crippen molar-refractivity contribution in [2.45, 2.75) is 13.3 Å². The van der Waals surface area contributed by atoms with Crippen molar-refractivity contribution < 1.29 is 9.21 Å².